The van der Waals surface area contributed by atoms with Gasteiger partial charge in [-0.05, 0) is 30.2 Å². The number of aromatic nitrogens is 3. The van der Waals surface area contributed by atoms with E-state index >= 15 is 0 Å². The van der Waals surface area contributed by atoms with Crippen LogP contribution < -0.4 is 16.4 Å². The van der Waals surface area contributed by atoms with Crippen molar-refractivity contribution in [2.45, 2.75) is 12.5 Å². The zero-order valence-corrected chi connectivity index (χ0v) is 14.9. The number of amides is 1. The number of nitrogens with one attached hydrogen (secondary N) is 2. The van der Waals surface area contributed by atoms with Crippen molar-refractivity contribution < 1.29 is 9.53 Å². The summed E-state index contributed by atoms with van der Waals surface area (Å²) in [7, 11) is 1.33. The number of carbonyl (C=O) groups excluding carboxylic acids is 1. The molecule has 26 heavy (non-hydrogen) atoms. The average Bonchev–Trinajstić information content (AvgIpc) is 3.12. The minimum absolute atomic E-state index is 0.338. The van der Waals surface area contributed by atoms with Gasteiger partial charge in [0.15, 0.2) is 5.13 Å². The zero-order valence-electron chi connectivity index (χ0n) is 14.0. The summed E-state index contributed by atoms with van der Waals surface area (Å²) in [5.41, 5.74) is 8.16. The summed E-state index contributed by atoms with van der Waals surface area (Å²) < 4.78 is 4.73. The van der Waals surface area contributed by atoms with E-state index in [9.17, 15) is 4.79 Å². The van der Waals surface area contributed by atoms with E-state index in [4.69, 9.17) is 10.5 Å². The Morgan fingerprint density at radius 1 is 1.27 bits per heavy atom. The predicted molar refractivity (Wildman–Crippen MR) is 100 cm³/mol. The molecule has 0 aliphatic rings. The first-order chi connectivity index (χ1) is 12.6. The van der Waals surface area contributed by atoms with Gasteiger partial charge in [-0.3, -0.25) is 0 Å². The van der Waals surface area contributed by atoms with Gasteiger partial charge in [-0.2, -0.15) is 0 Å². The standard InChI is InChI=1S/C17H18N6O2S/c1-25-17(24)22-13(9-11-3-5-12(18)6-4-11)14-10-26-16(21-14)23-15-19-7-2-8-20-15/h2-8,10,13H,9,18H2,1H3,(H,22,24)(H,19,20,21,23). The molecule has 1 unspecified atom stereocenters. The molecular formula is C17H18N6O2S. The monoisotopic (exact) mass is 370 g/mol. The number of rotatable bonds is 6. The first-order valence-corrected chi connectivity index (χ1v) is 8.70. The molecule has 0 saturated carbocycles. The molecule has 0 fully saturated rings. The molecule has 134 valence electrons. The highest BCUT2D eigenvalue weighted by molar-refractivity contribution is 7.13. The second kappa shape index (κ2) is 8.26. The molecule has 1 amide bonds. The van der Waals surface area contributed by atoms with Crippen LogP contribution in [0.4, 0.5) is 21.6 Å². The summed E-state index contributed by atoms with van der Waals surface area (Å²) in [5.74, 6) is 0.462. The van der Waals surface area contributed by atoms with Crippen LogP contribution in [0.2, 0.25) is 0 Å². The minimum Gasteiger partial charge on any atom is -0.453 e. The summed E-state index contributed by atoms with van der Waals surface area (Å²) in [5, 5.41) is 8.38. The van der Waals surface area contributed by atoms with Gasteiger partial charge in [0.05, 0.1) is 18.8 Å². The lowest BCUT2D eigenvalue weighted by Gasteiger charge is -2.16. The van der Waals surface area contributed by atoms with Gasteiger partial charge in [-0.25, -0.2) is 19.7 Å². The Balaban J connectivity index is 1.77. The third-order valence-electron chi connectivity index (χ3n) is 3.56. The molecule has 8 nitrogen and oxygen atoms in total. The zero-order chi connectivity index (χ0) is 18.4. The van der Waals surface area contributed by atoms with Gasteiger partial charge in [0, 0.05) is 23.5 Å². The quantitative estimate of drug-likeness (QED) is 0.571. The number of nitrogens with two attached hydrogens (primary N) is 1. The number of ether oxygens (including phenoxy) is 1. The number of benzene rings is 1. The molecule has 3 aromatic rings. The van der Waals surface area contributed by atoms with Crippen LogP contribution in [-0.2, 0) is 11.2 Å². The van der Waals surface area contributed by atoms with Crippen molar-refractivity contribution in [3.63, 3.8) is 0 Å². The van der Waals surface area contributed by atoms with E-state index in [2.05, 4.69) is 25.6 Å². The molecular weight excluding hydrogens is 352 g/mol. The van der Waals surface area contributed by atoms with Crippen molar-refractivity contribution in [1.82, 2.24) is 20.3 Å². The van der Waals surface area contributed by atoms with Gasteiger partial charge in [0.25, 0.3) is 0 Å². The summed E-state index contributed by atoms with van der Waals surface area (Å²) in [4.78, 5) is 24.5. The average molecular weight is 370 g/mol. The Hall–Kier alpha value is -3.20. The maximum absolute atomic E-state index is 11.7. The van der Waals surface area contributed by atoms with Crippen molar-refractivity contribution in [2.24, 2.45) is 0 Å². The van der Waals surface area contributed by atoms with Gasteiger partial charge in [0.2, 0.25) is 5.95 Å². The van der Waals surface area contributed by atoms with Crippen LogP contribution in [0, 0.1) is 0 Å². The summed E-state index contributed by atoms with van der Waals surface area (Å²) >= 11 is 1.41. The van der Waals surface area contributed by atoms with Gasteiger partial charge < -0.3 is 21.1 Å². The Morgan fingerprint density at radius 3 is 2.69 bits per heavy atom. The maximum atomic E-state index is 11.7. The second-order valence-corrected chi connectivity index (χ2v) is 6.27. The van der Waals surface area contributed by atoms with Crippen LogP contribution in [0.5, 0.6) is 0 Å². The Bertz CT molecular complexity index is 853. The molecule has 1 atom stereocenters. The van der Waals surface area contributed by atoms with Crippen molar-refractivity contribution in [2.75, 3.05) is 18.2 Å². The largest absolute Gasteiger partial charge is 0.453 e. The number of alkyl carbamates (subject to hydrolysis) is 1. The predicted octanol–water partition coefficient (Wildman–Crippen LogP) is 2.90. The smallest absolute Gasteiger partial charge is 0.407 e. The molecule has 0 aliphatic carbocycles. The summed E-state index contributed by atoms with van der Waals surface area (Å²) in [6.07, 6.45) is 3.33. The molecule has 4 N–H and O–H groups in total. The maximum Gasteiger partial charge on any atom is 0.407 e. The van der Waals surface area contributed by atoms with Crippen LogP contribution in [0.1, 0.15) is 17.3 Å². The third kappa shape index (κ3) is 4.67. The third-order valence-corrected chi connectivity index (χ3v) is 4.34. The fourth-order valence-electron chi connectivity index (χ4n) is 2.28. The lowest BCUT2D eigenvalue weighted by molar-refractivity contribution is 0.166. The van der Waals surface area contributed by atoms with Crippen LogP contribution in [-0.4, -0.2) is 28.2 Å². The number of carbonyl (C=O) groups is 1. The molecule has 3 rings (SSSR count). The molecule has 0 saturated heterocycles. The number of anilines is 3. The molecule has 0 aliphatic heterocycles. The van der Waals surface area contributed by atoms with Crippen LogP contribution >= 0.6 is 11.3 Å². The Morgan fingerprint density at radius 2 is 2.00 bits per heavy atom. The lowest BCUT2D eigenvalue weighted by Crippen LogP contribution is -2.30. The SMILES string of the molecule is COC(=O)NC(Cc1ccc(N)cc1)c1csc(Nc2ncccn2)n1. The molecule has 0 radical (unpaired) electrons. The van der Waals surface area contributed by atoms with Crippen molar-refractivity contribution in [3.05, 3.63) is 59.4 Å². The van der Waals surface area contributed by atoms with E-state index in [-0.39, 0.29) is 6.04 Å². The number of hydrogen-bond acceptors (Lipinski definition) is 8. The fraction of sp³-hybridized carbons (Fsp3) is 0.176. The normalized spacial score (nSPS) is 11.6. The van der Waals surface area contributed by atoms with Crippen molar-refractivity contribution in [3.8, 4) is 0 Å². The number of thiazole rings is 1. The van der Waals surface area contributed by atoms with Crippen molar-refractivity contribution >= 4 is 34.2 Å². The van der Waals surface area contributed by atoms with E-state index in [1.807, 2.05) is 29.6 Å². The topological polar surface area (TPSA) is 115 Å². The van der Waals surface area contributed by atoms with Gasteiger partial charge in [0.1, 0.15) is 0 Å². The fourth-order valence-corrected chi connectivity index (χ4v) is 3.04. The van der Waals surface area contributed by atoms with E-state index in [1.54, 1.807) is 18.5 Å². The molecule has 1 aromatic carbocycles. The highest BCUT2D eigenvalue weighted by Crippen LogP contribution is 2.25. The number of nitrogens with zero attached hydrogens (tertiary/aromatic N) is 3. The van der Waals surface area contributed by atoms with E-state index in [1.165, 1.54) is 18.4 Å². The van der Waals surface area contributed by atoms with Gasteiger partial charge >= 0.3 is 6.09 Å². The van der Waals surface area contributed by atoms with Crippen LogP contribution in [0.25, 0.3) is 0 Å². The second-order valence-electron chi connectivity index (χ2n) is 5.41. The van der Waals surface area contributed by atoms with E-state index in [0.717, 1.165) is 11.3 Å². The lowest BCUT2D eigenvalue weighted by atomic mass is 10.0. The van der Waals surface area contributed by atoms with Crippen LogP contribution in [0.3, 0.4) is 0 Å². The minimum atomic E-state index is -0.514. The molecule has 2 heterocycles. The highest BCUT2D eigenvalue weighted by atomic mass is 32.1. The first-order valence-electron chi connectivity index (χ1n) is 7.82. The van der Waals surface area contributed by atoms with E-state index in [0.29, 0.717) is 23.2 Å². The first kappa shape index (κ1) is 17.6. The van der Waals surface area contributed by atoms with Crippen LogP contribution in [0.15, 0.2) is 48.1 Å². The Labute approximate surface area is 154 Å². The number of hydrogen-bond donors (Lipinski definition) is 3. The summed E-state index contributed by atoms with van der Waals surface area (Å²) in [6.45, 7) is 0. The molecule has 0 bridgehead atoms. The summed E-state index contributed by atoms with van der Waals surface area (Å²) in [6, 6.07) is 8.89. The van der Waals surface area contributed by atoms with Gasteiger partial charge in [-0.15, -0.1) is 11.3 Å². The van der Waals surface area contributed by atoms with Gasteiger partial charge in [-0.1, -0.05) is 12.1 Å². The van der Waals surface area contributed by atoms with Crippen molar-refractivity contribution in [1.29, 1.82) is 0 Å². The molecule has 9 heteroatoms. The molecule has 0 spiro atoms. The highest BCUT2D eigenvalue weighted by Gasteiger charge is 2.19. The number of methoxy groups -OCH3 is 1. The molecule has 2 aromatic heterocycles. The Kier molecular flexibility index (Phi) is 5.59. The number of nitrogen functional groups attached to an aromatic ring is 1. The van der Waals surface area contributed by atoms with E-state index < -0.39 is 6.09 Å².